The summed E-state index contributed by atoms with van der Waals surface area (Å²) in [5.41, 5.74) is 8.65. The minimum atomic E-state index is -0.692. The van der Waals surface area contributed by atoms with Gasteiger partial charge in [-0.2, -0.15) is 0 Å². The summed E-state index contributed by atoms with van der Waals surface area (Å²) < 4.78 is 3.34. The average Bonchev–Trinajstić information content (AvgIpc) is 3.32. The number of aromatic nitrogens is 4. The third-order valence-corrected chi connectivity index (χ3v) is 8.08. The Morgan fingerprint density at radius 3 is 2.26 bits per heavy atom. The van der Waals surface area contributed by atoms with Gasteiger partial charge in [-0.3, -0.25) is 19.1 Å². The Bertz CT molecular complexity index is 1820. The molecule has 0 aliphatic rings. The van der Waals surface area contributed by atoms with E-state index < -0.39 is 11.2 Å². The second-order valence-electron chi connectivity index (χ2n) is 9.85. The number of amides is 1. The Morgan fingerprint density at radius 2 is 1.62 bits per heavy atom. The van der Waals surface area contributed by atoms with Gasteiger partial charge in [-0.05, 0) is 35.7 Å². The predicted octanol–water partition coefficient (Wildman–Crippen LogP) is 5.14. The van der Waals surface area contributed by atoms with Crippen LogP contribution in [0, 0.1) is 0 Å². The van der Waals surface area contributed by atoms with Crippen molar-refractivity contribution in [2.24, 2.45) is 0 Å². The maximum atomic E-state index is 13.8. The number of nitrogens with zero attached hydrogens (tertiary/aromatic N) is 4. The lowest BCUT2D eigenvalue weighted by molar-refractivity contribution is -0.116. The van der Waals surface area contributed by atoms with E-state index in [2.05, 4.69) is 9.55 Å². The lowest BCUT2D eigenvalue weighted by Gasteiger charge is -2.24. The van der Waals surface area contributed by atoms with Crippen LogP contribution in [0.2, 0.25) is 5.02 Å². The molecule has 3 aromatic carbocycles. The summed E-state index contributed by atoms with van der Waals surface area (Å²) in [6, 6.07) is 24.8. The number of thioether (sulfide) groups is 1. The SMILES string of the molecule is CCCCN(C(=O)CSc1nc2cc(Cl)ccc2n1Cc1ccccc1)c1c(N)n(Cc2ccccc2)c(=O)[nH]c1=O. The standard InChI is InChI=1S/C31H31ClN6O3S/c1-2-3-16-36(27-28(33)38(30(41)35-29(27)40)19-22-12-8-5-9-13-22)26(39)20-42-31-34-24-17-23(32)14-15-25(24)37(31)18-21-10-6-4-7-11-21/h4-15,17H,2-3,16,18-20,33H2,1H3,(H,35,40,41). The fraction of sp³-hybridized carbons (Fsp3) is 0.226. The smallest absolute Gasteiger partial charge is 0.330 e. The topological polar surface area (TPSA) is 119 Å². The molecule has 3 N–H and O–H groups in total. The molecule has 11 heteroatoms. The Balaban J connectivity index is 1.46. The molecule has 0 fully saturated rings. The highest BCUT2D eigenvalue weighted by molar-refractivity contribution is 7.99. The zero-order chi connectivity index (χ0) is 29.6. The molecule has 0 unspecified atom stereocenters. The van der Waals surface area contributed by atoms with E-state index in [1.165, 1.54) is 21.2 Å². The first kappa shape index (κ1) is 29.2. The molecule has 0 aliphatic heterocycles. The van der Waals surface area contributed by atoms with Gasteiger partial charge in [0.1, 0.15) is 5.82 Å². The average molecular weight is 603 g/mol. The number of H-pyrrole nitrogens is 1. The Hall–Kier alpha value is -4.28. The number of unbranched alkanes of at least 4 members (excludes halogenated alkanes) is 1. The molecule has 42 heavy (non-hydrogen) atoms. The third-order valence-electron chi connectivity index (χ3n) is 6.89. The molecular formula is C31H31ClN6O3S. The molecule has 216 valence electrons. The first-order chi connectivity index (χ1) is 20.4. The minimum absolute atomic E-state index is 0.00620. The fourth-order valence-corrected chi connectivity index (χ4v) is 5.81. The van der Waals surface area contributed by atoms with E-state index >= 15 is 0 Å². The van der Waals surface area contributed by atoms with Crippen LogP contribution >= 0.6 is 23.4 Å². The Kier molecular flexibility index (Phi) is 9.14. The maximum Gasteiger partial charge on any atom is 0.330 e. The van der Waals surface area contributed by atoms with Crippen LogP contribution < -0.4 is 21.9 Å². The maximum absolute atomic E-state index is 13.8. The summed E-state index contributed by atoms with van der Waals surface area (Å²) in [5.74, 6) is -0.355. The van der Waals surface area contributed by atoms with E-state index in [0.29, 0.717) is 23.1 Å². The summed E-state index contributed by atoms with van der Waals surface area (Å²) in [5, 5.41) is 1.22. The second kappa shape index (κ2) is 13.1. The highest BCUT2D eigenvalue weighted by Crippen LogP contribution is 2.28. The number of anilines is 2. The van der Waals surface area contributed by atoms with Crippen molar-refractivity contribution in [2.75, 3.05) is 22.9 Å². The number of fused-ring (bicyclic) bond motifs is 1. The van der Waals surface area contributed by atoms with Crippen LogP contribution in [-0.2, 0) is 17.9 Å². The normalized spacial score (nSPS) is 11.2. The van der Waals surface area contributed by atoms with Crippen LogP contribution in [0.25, 0.3) is 11.0 Å². The summed E-state index contributed by atoms with van der Waals surface area (Å²) >= 11 is 7.53. The van der Waals surface area contributed by atoms with Crippen LogP contribution in [0.5, 0.6) is 0 Å². The zero-order valence-corrected chi connectivity index (χ0v) is 24.7. The van der Waals surface area contributed by atoms with Gasteiger partial charge in [-0.1, -0.05) is 97.4 Å². The van der Waals surface area contributed by atoms with E-state index in [4.69, 9.17) is 22.3 Å². The van der Waals surface area contributed by atoms with Crippen LogP contribution in [0.1, 0.15) is 30.9 Å². The molecule has 0 aliphatic carbocycles. The lowest BCUT2D eigenvalue weighted by atomic mass is 10.2. The quantitative estimate of drug-likeness (QED) is 0.202. The number of hydrogen-bond donors (Lipinski definition) is 2. The lowest BCUT2D eigenvalue weighted by Crippen LogP contribution is -2.42. The molecule has 0 spiro atoms. The van der Waals surface area contributed by atoms with Crippen molar-refractivity contribution < 1.29 is 4.79 Å². The van der Waals surface area contributed by atoms with Gasteiger partial charge in [-0.15, -0.1) is 0 Å². The summed E-state index contributed by atoms with van der Waals surface area (Å²) in [4.78, 5) is 48.1. The van der Waals surface area contributed by atoms with Gasteiger partial charge in [0, 0.05) is 11.6 Å². The third kappa shape index (κ3) is 6.45. The van der Waals surface area contributed by atoms with E-state index in [1.54, 1.807) is 6.07 Å². The van der Waals surface area contributed by atoms with Crippen LogP contribution in [0.3, 0.4) is 0 Å². The number of nitrogens with one attached hydrogen (secondary N) is 1. The highest BCUT2D eigenvalue weighted by Gasteiger charge is 2.25. The molecular weight excluding hydrogens is 572 g/mol. The summed E-state index contributed by atoms with van der Waals surface area (Å²) in [6.45, 7) is 3.00. The molecule has 5 aromatic rings. The van der Waals surface area contributed by atoms with Gasteiger partial charge in [-0.25, -0.2) is 9.78 Å². The molecule has 0 saturated heterocycles. The van der Waals surface area contributed by atoms with Crippen LogP contribution in [0.4, 0.5) is 11.5 Å². The Labute approximate surface area is 252 Å². The number of halogens is 1. The number of benzene rings is 3. The molecule has 5 rings (SSSR count). The van der Waals surface area contributed by atoms with E-state index in [0.717, 1.165) is 28.6 Å². The van der Waals surface area contributed by atoms with Crippen molar-refractivity contribution in [1.82, 2.24) is 19.1 Å². The number of imidazole rings is 1. The van der Waals surface area contributed by atoms with Crippen LogP contribution in [0.15, 0.2) is 93.6 Å². The van der Waals surface area contributed by atoms with Crippen molar-refractivity contribution in [3.8, 4) is 0 Å². The van der Waals surface area contributed by atoms with Crippen molar-refractivity contribution in [3.05, 3.63) is 116 Å². The Morgan fingerprint density at radius 1 is 0.976 bits per heavy atom. The van der Waals surface area contributed by atoms with Gasteiger partial charge in [0.05, 0.1) is 29.9 Å². The second-order valence-corrected chi connectivity index (χ2v) is 11.2. The number of rotatable bonds is 11. The molecule has 0 radical (unpaired) electrons. The van der Waals surface area contributed by atoms with Gasteiger partial charge in [0.25, 0.3) is 5.56 Å². The van der Waals surface area contributed by atoms with Crippen molar-refractivity contribution in [2.45, 2.75) is 38.0 Å². The molecule has 0 bridgehead atoms. The first-order valence-corrected chi connectivity index (χ1v) is 15.0. The van der Waals surface area contributed by atoms with Crippen molar-refractivity contribution in [1.29, 1.82) is 0 Å². The molecule has 0 saturated carbocycles. The summed E-state index contributed by atoms with van der Waals surface area (Å²) in [7, 11) is 0. The van der Waals surface area contributed by atoms with Gasteiger partial charge in [0.15, 0.2) is 10.8 Å². The van der Waals surface area contributed by atoms with Gasteiger partial charge >= 0.3 is 5.69 Å². The van der Waals surface area contributed by atoms with Crippen LogP contribution in [-0.4, -0.2) is 37.3 Å². The molecule has 0 atom stereocenters. The van der Waals surface area contributed by atoms with E-state index in [-0.39, 0.29) is 36.3 Å². The molecule has 2 aromatic heterocycles. The van der Waals surface area contributed by atoms with Gasteiger partial charge < -0.3 is 15.2 Å². The molecule has 2 heterocycles. The number of aromatic amines is 1. The number of nitrogen functional groups attached to an aromatic ring is 1. The number of carbonyl (C=O) groups excluding carboxylic acids is 1. The molecule has 1 amide bonds. The summed E-state index contributed by atoms with van der Waals surface area (Å²) in [6.07, 6.45) is 1.45. The van der Waals surface area contributed by atoms with Crippen molar-refractivity contribution in [3.63, 3.8) is 0 Å². The van der Waals surface area contributed by atoms with E-state index in [1.807, 2.05) is 79.7 Å². The molecule has 9 nitrogen and oxygen atoms in total. The largest absolute Gasteiger partial charge is 0.383 e. The first-order valence-electron chi connectivity index (χ1n) is 13.6. The monoisotopic (exact) mass is 602 g/mol. The predicted molar refractivity (Wildman–Crippen MR) is 170 cm³/mol. The number of nitrogens with two attached hydrogens (primary N) is 1. The number of carbonyl (C=O) groups is 1. The van der Waals surface area contributed by atoms with Gasteiger partial charge in [0.2, 0.25) is 5.91 Å². The number of hydrogen-bond acceptors (Lipinski definition) is 6. The van der Waals surface area contributed by atoms with E-state index in [9.17, 15) is 14.4 Å². The van der Waals surface area contributed by atoms with Crippen molar-refractivity contribution >= 4 is 51.8 Å². The fourth-order valence-electron chi connectivity index (χ4n) is 4.75. The highest BCUT2D eigenvalue weighted by atomic mass is 35.5. The minimum Gasteiger partial charge on any atom is -0.383 e. The zero-order valence-electron chi connectivity index (χ0n) is 23.1.